The Balaban J connectivity index is 2.40. The number of ether oxygens (including phenoxy) is 1. The summed E-state index contributed by atoms with van der Waals surface area (Å²) < 4.78 is 14.0. The number of aliphatic hydroxyl groups excluding tert-OH is 1. The van der Waals surface area contributed by atoms with Crippen LogP contribution in [0.25, 0.3) is 0 Å². The van der Waals surface area contributed by atoms with Crippen LogP contribution >= 0.6 is 0 Å². The molecule has 1 aliphatic rings. The molecule has 3 atom stereocenters. The van der Waals surface area contributed by atoms with E-state index >= 15 is 0 Å². The Morgan fingerprint density at radius 2 is 2.15 bits per heavy atom. The fourth-order valence-electron chi connectivity index (χ4n) is 2.93. The highest BCUT2D eigenvalue weighted by Gasteiger charge is 2.52. The van der Waals surface area contributed by atoms with Gasteiger partial charge in [0.1, 0.15) is 11.8 Å². The van der Waals surface area contributed by atoms with Gasteiger partial charge < -0.3 is 14.3 Å². The SMILES string of the molecule is C=CC[C@]1(CO)O[C@@H](n2ccc(=O)[nH]c2=O)C[C@@H]1O[Si](C)(C)C(C)(C)C. The van der Waals surface area contributed by atoms with Crippen LogP contribution in [0.15, 0.2) is 34.5 Å². The molecule has 0 aliphatic carbocycles. The van der Waals surface area contributed by atoms with Gasteiger partial charge in [0.2, 0.25) is 0 Å². The van der Waals surface area contributed by atoms with E-state index in [-0.39, 0.29) is 17.7 Å². The van der Waals surface area contributed by atoms with Crippen LogP contribution in [-0.4, -0.2) is 41.3 Å². The highest BCUT2D eigenvalue weighted by Crippen LogP contribution is 2.45. The molecule has 0 amide bonds. The molecule has 0 bridgehead atoms. The minimum absolute atomic E-state index is 0.00468. The van der Waals surface area contributed by atoms with Crippen molar-refractivity contribution in [2.24, 2.45) is 0 Å². The van der Waals surface area contributed by atoms with Gasteiger partial charge in [-0.2, -0.15) is 0 Å². The van der Waals surface area contributed by atoms with Crippen LogP contribution in [0.1, 0.15) is 39.8 Å². The van der Waals surface area contributed by atoms with E-state index in [1.807, 2.05) is 0 Å². The third kappa shape index (κ3) is 3.93. The van der Waals surface area contributed by atoms with Crippen LogP contribution in [0.4, 0.5) is 0 Å². The van der Waals surface area contributed by atoms with Crippen molar-refractivity contribution >= 4 is 8.32 Å². The molecule has 7 nitrogen and oxygen atoms in total. The molecule has 8 heteroatoms. The topological polar surface area (TPSA) is 93.5 Å². The Bertz CT molecular complexity index is 764. The Morgan fingerprint density at radius 1 is 1.50 bits per heavy atom. The van der Waals surface area contributed by atoms with Crippen molar-refractivity contribution in [3.05, 3.63) is 45.8 Å². The Labute approximate surface area is 154 Å². The fourth-order valence-corrected chi connectivity index (χ4v) is 4.31. The minimum Gasteiger partial charge on any atom is -0.411 e. The second kappa shape index (κ2) is 7.26. The average Bonchev–Trinajstić information content (AvgIpc) is 2.84. The van der Waals surface area contributed by atoms with Crippen molar-refractivity contribution in [2.75, 3.05) is 6.61 Å². The first-order valence-corrected chi connectivity index (χ1v) is 11.8. The number of nitrogens with one attached hydrogen (secondary N) is 1. The molecule has 0 aromatic carbocycles. The van der Waals surface area contributed by atoms with E-state index in [0.29, 0.717) is 12.8 Å². The Kier molecular flexibility index (Phi) is 5.82. The lowest BCUT2D eigenvalue weighted by atomic mass is 9.94. The van der Waals surface area contributed by atoms with E-state index < -0.39 is 31.4 Å². The van der Waals surface area contributed by atoms with Gasteiger partial charge in [0, 0.05) is 18.7 Å². The van der Waals surface area contributed by atoms with Crippen molar-refractivity contribution in [2.45, 2.75) is 69.7 Å². The second-order valence-electron chi connectivity index (χ2n) is 8.41. The lowest BCUT2D eigenvalue weighted by Crippen LogP contribution is -2.52. The van der Waals surface area contributed by atoms with Gasteiger partial charge in [-0.05, 0) is 24.6 Å². The van der Waals surface area contributed by atoms with E-state index in [1.54, 1.807) is 6.08 Å². The molecule has 146 valence electrons. The van der Waals surface area contributed by atoms with Crippen molar-refractivity contribution in [1.82, 2.24) is 9.55 Å². The first-order chi connectivity index (χ1) is 12.0. The monoisotopic (exact) mass is 382 g/mol. The summed E-state index contributed by atoms with van der Waals surface area (Å²) in [6, 6.07) is 1.28. The summed E-state index contributed by atoms with van der Waals surface area (Å²) in [5.74, 6) is 0. The molecule has 2 heterocycles. The molecule has 1 saturated heterocycles. The van der Waals surface area contributed by atoms with Crippen LogP contribution in [-0.2, 0) is 9.16 Å². The van der Waals surface area contributed by atoms with Gasteiger partial charge in [0.05, 0.1) is 12.7 Å². The maximum Gasteiger partial charge on any atom is 0.330 e. The molecule has 2 rings (SSSR count). The average molecular weight is 383 g/mol. The van der Waals surface area contributed by atoms with E-state index in [0.717, 1.165) is 0 Å². The predicted octanol–water partition coefficient (Wildman–Crippen LogP) is 2.15. The van der Waals surface area contributed by atoms with Crippen LogP contribution in [0, 0.1) is 0 Å². The largest absolute Gasteiger partial charge is 0.411 e. The molecule has 1 fully saturated rings. The van der Waals surface area contributed by atoms with E-state index in [9.17, 15) is 14.7 Å². The second-order valence-corrected chi connectivity index (χ2v) is 13.2. The van der Waals surface area contributed by atoms with Crippen LogP contribution < -0.4 is 11.2 Å². The first-order valence-electron chi connectivity index (χ1n) is 8.84. The summed E-state index contributed by atoms with van der Waals surface area (Å²) in [5.41, 5.74) is -1.96. The Morgan fingerprint density at radius 3 is 2.65 bits per heavy atom. The molecule has 2 N–H and O–H groups in total. The zero-order valence-corrected chi connectivity index (χ0v) is 17.2. The predicted molar refractivity (Wildman–Crippen MR) is 103 cm³/mol. The third-order valence-corrected chi connectivity index (χ3v) is 10.0. The maximum atomic E-state index is 12.1. The molecule has 1 aromatic rings. The van der Waals surface area contributed by atoms with Gasteiger partial charge in [0.25, 0.3) is 5.56 Å². The van der Waals surface area contributed by atoms with Gasteiger partial charge in [-0.15, -0.1) is 6.58 Å². The summed E-state index contributed by atoms with van der Waals surface area (Å²) in [7, 11) is -2.13. The zero-order valence-electron chi connectivity index (χ0n) is 16.2. The van der Waals surface area contributed by atoms with E-state index in [2.05, 4.69) is 45.4 Å². The number of hydrogen-bond acceptors (Lipinski definition) is 5. The number of aromatic nitrogens is 2. The summed E-state index contributed by atoms with van der Waals surface area (Å²) in [5, 5.41) is 10.1. The molecule has 0 saturated carbocycles. The van der Waals surface area contributed by atoms with E-state index in [4.69, 9.17) is 9.16 Å². The van der Waals surface area contributed by atoms with Crippen LogP contribution in [0.2, 0.25) is 18.1 Å². The highest BCUT2D eigenvalue weighted by molar-refractivity contribution is 6.74. The molecular formula is C18H30N2O5Si. The smallest absolute Gasteiger partial charge is 0.330 e. The molecule has 0 unspecified atom stereocenters. The lowest BCUT2D eigenvalue weighted by Gasteiger charge is -2.42. The first kappa shape index (κ1) is 20.8. The van der Waals surface area contributed by atoms with Gasteiger partial charge in [0.15, 0.2) is 8.32 Å². The van der Waals surface area contributed by atoms with Gasteiger partial charge in [-0.3, -0.25) is 14.3 Å². The van der Waals surface area contributed by atoms with Crippen molar-refractivity contribution in [3.63, 3.8) is 0 Å². The third-order valence-electron chi connectivity index (χ3n) is 5.54. The lowest BCUT2D eigenvalue weighted by molar-refractivity contribution is -0.123. The number of aromatic amines is 1. The fraction of sp³-hybridized carbons (Fsp3) is 0.667. The minimum atomic E-state index is -2.13. The molecule has 26 heavy (non-hydrogen) atoms. The molecule has 1 aliphatic heterocycles. The molecular weight excluding hydrogens is 352 g/mol. The summed E-state index contributed by atoms with van der Waals surface area (Å²) in [4.78, 5) is 25.7. The number of nitrogens with zero attached hydrogens (tertiary/aromatic N) is 1. The maximum absolute atomic E-state index is 12.1. The van der Waals surface area contributed by atoms with Crippen molar-refractivity contribution < 1.29 is 14.3 Å². The number of hydrogen-bond donors (Lipinski definition) is 2. The highest BCUT2D eigenvalue weighted by atomic mass is 28.4. The number of aliphatic hydroxyl groups is 1. The van der Waals surface area contributed by atoms with E-state index in [1.165, 1.54) is 16.8 Å². The molecule has 0 radical (unpaired) electrons. The standard InChI is InChI=1S/C18H30N2O5Si/c1-7-9-18(12-21)13(25-26(5,6)17(2,3)4)11-15(24-18)20-10-8-14(22)19-16(20)23/h7-8,10,13,15,21H,1,9,11-12H2,2-6H3,(H,19,22,23)/t13-,15+,18+/m0/s1. The van der Waals surface area contributed by atoms with Gasteiger partial charge >= 0.3 is 5.69 Å². The summed E-state index contributed by atoms with van der Waals surface area (Å²) >= 11 is 0. The summed E-state index contributed by atoms with van der Waals surface area (Å²) in [6.45, 7) is 14.2. The molecule has 1 aromatic heterocycles. The van der Waals surface area contributed by atoms with Crippen molar-refractivity contribution in [3.8, 4) is 0 Å². The van der Waals surface area contributed by atoms with Gasteiger partial charge in [-0.1, -0.05) is 26.8 Å². The van der Waals surface area contributed by atoms with Crippen molar-refractivity contribution in [1.29, 1.82) is 0 Å². The van der Waals surface area contributed by atoms with Crippen LogP contribution in [0.5, 0.6) is 0 Å². The quantitative estimate of drug-likeness (QED) is 0.581. The molecule has 0 spiro atoms. The zero-order chi connectivity index (χ0) is 19.8. The number of H-pyrrole nitrogens is 1. The summed E-state index contributed by atoms with van der Waals surface area (Å²) in [6.07, 6.45) is 2.91. The van der Waals surface area contributed by atoms with Crippen LogP contribution in [0.3, 0.4) is 0 Å². The van der Waals surface area contributed by atoms with Gasteiger partial charge in [-0.25, -0.2) is 4.79 Å². The number of rotatable bonds is 6. The normalized spacial score (nSPS) is 26.8. The Hall–Kier alpha value is -1.48.